The Hall–Kier alpha value is -0.730. The highest BCUT2D eigenvalue weighted by Gasteiger charge is 2.31. The van der Waals surface area contributed by atoms with Crippen LogP contribution in [0.15, 0.2) is 18.2 Å². The zero-order valence-corrected chi connectivity index (χ0v) is 10.7. The molecule has 3 heteroatoms. The summed E-state index contributed by atoms with van der Waals surface area (Å²) in [5.41, 5.74) is 8.24. The molecule has 0 radical (unpaired) electrons. The van der Waals surface area contributed by atoms with E-state index in [1.165, 1.54) is 12.8 Å². The first kappa shape index (κ1) is 11.7. The van der Waals surface area contributed by atoms with Gasteiger partial charge in [0.05, 0.1) is 0 Å². The molecule has 1 aliphatic rings. The van der Waals surface area contributed by atoms with Gasteiger partial charge in [-0.3, -0.25) is 4.90 Å². The molecule has 1 saturated heterocycles. The summed E-state index contributed by atoms with van der Waals surface area (Å²) in [4.78, 5) is 2.48. The third kappa shape index (κ3) is 2.33. The van der Waals surface area contributed by atoms with Crippen LogP contribution < -0.4 is 5.73 Å². The molecule has 1 fully saturated rings. The van der Waals surface area contributed by atoms with Gasteiger partial charge in [0, 0.05) is 22.8 Å². The fourth-order valence-electron chi connectivity index (χ4n) is 2.37. The van der Waals surface area contributed by atoms with Gasteiger partial charge in [-0.25, -0.2) is 0 Å². The molecule has 0 aromatic heterocycles. The summed E-state index contributed by atoms with van der Waals surface area (Å²) < 4.78 is 0. The van der Waals surface area contributed by atoms with E-state index in [-0.39, 0.29) is 5.54 Å². The van der Waals surface area contributed by atoms with Crippen molar-refractivity contribution in [3.05, 3.63) is 28.8 Å². The van der Waals surface area contributed by atoms with Crippen LogP contribution in [0, 0.1) is 0 Å². The summed E-state index contributed by atoms with van der Waals surface area (Å²) in [6.07, 6.45) is 2.53. The molecule has 1 aromatic carbocycles. The van der Waals surface area contributed by atoms with Crippen LogP contribution in [0.5, 0.6) is 0 Å². The van der Waals surface area contributed by atoms with E-state index in [1.807, 2.05) is 18.2 Å². The number of likely N-dealkylation sites (tertiary alicyclic amines) is 1. The standard InChI is InChI=1S/C13H19ClN2/c1-13(2)6-3-7-16(13)9-10-8-11(14)4-5-12(10)15/h4-5,8H,3,6-7,9,15H2,1-2H3. The average Bonchev–Trinajstić information content (AvgIpc) is 2.52. The number of nitrogens with two attached hydrogens (primary N) is 1. The van der Waals surface area contributed by atoms with E-state index in [9.17, 15) is 0 Å². The maximum atomic E-state index is 6.00. The Bertz CT molecular complexity index is 388. The molecular weight excluding hydrogens is 220 g/mol. The predicted octanol–water partition coefficient (Wildman–Crippen LogP) is 3.30. The summed E-state index contributed by atoms with van der Waals surface area (Å²) in [7, 11) is 0. The number of hydrogen-bond acceptors (Lipinski definition) is 2. The molecule has 16 heavy (non-hydrogen) atoms. The Morgan fingerprint density at radius 1 is 1.44 bits per heavy atom. The van der Waals surface area contributed by atoms with E-state index in [4.69, 9.17) is 17.3 Å². The number of benzene rings is 1. The largest absolute Gasteiger partial charge is 0.398 e. The zero-order chi connectivity index (χ0) is 11.8. The smallest absolute Gasteiger partial charge is 0.0410 e. The highest BCUT2D eigenvalue weighted by atomic mass is 35.5. The van der Waals surface area contributed by atoms with Crippen LogP contribution >= 0.6 is 11.6 Å². The molecule has 1 heterocycles. The van der Waals surface area contributed by atoms with Crippen LogP contribution in [0.25, 0.3) is 0 Å². The maximum absolute atomic E-state index is 6.00. The van der Waals surface area contributed by atoms with Gasteiger partial charge in [-0.15, -0.1) is 0 Å². The van der Waals surface area contributed by atoms with E-state index in [2.05, 4.69) is 18.7 Å². The highest BCUT2D eigenvalue weighted by Crippen LogP contribution is 2.31. The first-order chi connectivity index (χ1) is 7.49. The van der Waals surface area contributed by atoms with Crippen LogP contribution in [0.2, 0.25) is 5.02 Å². The van der Waals surface area contributed by atoms with Crippen molar-refractivity contribution in [1.29, 1.82) is 0 Å². The van der Waals surface area contributed by atoms with Crippen molar-refractivity contribution in [3.63, 3.8) is 0 Å². The van der Waals surface area contributed by atoms with Crippen molar-refractivity contribution in [2.24, 2.45) is 0 Å². The molecule has 0 unspecified atom stereocenters. The van der Waals surface area contributed by atoms with Gasteiger partial charge in [-0.2, -0.15) is 0 Å². The number of hydrogen-bond donors (Lipinski definition) is 1. The average molecular weight is 239 g/mol. The normalized spacial score (nSPS) is 20.2. The van der Waals surface area contributed by atoms with Gasteiger partial charge < -0.3 is 5.73 Å². The fourth-order valence-corrected chi connectivity index (χ4v) is 2.57. The van der Waals surface area contributed by atoms with Crippen molar-refractivity contribution in [1.82, 2.24) is 4.90 Å². The Labute approximate surface area is 102 Å². The SMILES string of the molecule is CC1(C)CCCN1Cc1cc(Cl)ccc1N. The number of nitrogens with zero attached hydrogens (tertiary/aromatic N) is 1. The van der Waals surface area contributed by atoms with Crippen molar-refractivity contribution < 1.29 is 0 Å². The van der Waals surface area contributed by atoms with Crippen molar-refractivity contribution in [2.75, 3.05) is 12.3 Å². The molecule has 0 bridgehead atoms. The number of nitrogen functional groups attached to an aromatic ring is 1. The molecule has 2 nitrogen and oxygen atoms in total. The molecule has 0 amide bonds. The third-order valence-corrected chi connectivity index (χ3v) is 3.77. The van der Waals surface area contributed by atoms with E-state index < -0.39 is 0 Å². The maximum Gasteiger partial charge on any atom is 0.0410 e. The minimum atomic E-state index is 0.286. The summed E-state index contributed by atoms with van der Waals surface area (Å²) in [5, 5.41) is 0.765. The molecule has 0 saturated carbocycles. The predicted molar refractivity (Wildman–Crippen MR) is 69.6 cm³/mol. The third-order valence-electron chi connectivity index (χ3n) is 3.54. The quantitative estimate of drug-likeness (QED) is 0.802. The van der Waals surface area contributed by atoms with Crippen molar-refractivity contribution in [3.8, 4) is 0 Å². The number of halogens is 1. The molecular formula is C13H19ClN2. The van der Waals surface area contributed by atoms with Crippen LogP contribution in [0.4, 0.5) is 5.69 Å². The topological polar surface area (TPSA) is 29.3 Å². The molecule has 0 spiro atoms. The van der Waals surface area contributed by atoms with Crippen molar-refractivity contribution in [2.45, 2.75) is 38.8 Å². The van der Waals surface area contributed by atoms with E-state index in [0.29, 0.717) is 0 Å². The lowest BCUT2D eigenvalue weighted by atomic mass is 10.0. The molecule has 1 aromatic rings. The van der Waals surface area contributed by atoms with Crippen molar-refractivity contribution >= 4 is 17.3 Å². The number of rotatable bonds is 2. The lowest BCUT2D eigenvalue weighted by Gasteiger charge is -2.31. The summed E-state index contributed by atoms with van der Waals surface area (Å²) in [5.74, 6) is 0. The lowest BCUT2D eigenvalue weighted by molar-refractivity contribution is 0.167. The first-order valence-corrected chi connectivity index (χ1v) is 6.16. The van der Waals surface area contributed by atoms with Crippen LogP contribution in [0.3, 0.4) is 0 Å². The van der Waals surface area contributed by atoms with Gasteiger partial charge >= 0.3 is 0 Å². The fraction of sp³-hybridized carbons (Fsp3) is 0.538. The van der Waals surface area contributed by atoms with Gasteiger partial charge in [0.15, 0.2) is 0 Å². The summed E-state index contributed by atoms with van der Waals surface area (Å²) in [6.45, 7) is 6.64. The van der Waals surface area contributed by atoms with Gasteiger partial charge in [-0.1, -0.05) is 11.6 Å². The molecule has 2 rings (SSSR count). The second-order valence-corrected chi connectivity index (χ2v) is 5.62. The second-order valence-electron chi connectivity index (χ2n) is 5.18. The Balaban J connectivity index is 2.17. The van der Waals surface area contributed by atoms with E-state index >= 15 is 0 Å². The lowest BCUT2D eigenvalue weighted by Crippen LogP contribution is -2.37. The molecule has 0 aliphatic carbocycles. The Kier molecular flexibility index (Phi) is 3.13. The van der Waals surface area contributed by atoms with Crippen LogP contribution in [-0.2, 0) is 6.54 Å². The molecule has 2 N–H and O–H groups in total. The van der Waals surface area contributed by atoms with Crippen LogP contribution in [-0.4, -0.2) is 17.0 Å². The summed E-state index contributed by atoms with van der Waals surface area (Å²) in [6, 6.07) is 5.71. The van der Waals surface area contributed by atoms with Gasteiger partial charge in [-0.05, 0) is 57.0 Å². The Morgan fingerprint density at radius 3 is 2.81 bits per heavy atom. The first-order valence-electron chi connectivity index (χ1n) is 5.78. The second kappa shape index (κ2) is 4.27. The van der Waals surface area contributed by atoms with E-state index in [1.54, 1.807) is 0 Å². The highest BCUT2D eigenvalue weighted by molar-refractivity contribution is 6.30. The van der Waals surface area contributed by atoms with Gasteiger partial charge in [0.1, 0.15) is 0 Å². The Morgan fingerprint density at radius 2 is 2.19 bits per heavy atom. The summed E-state index contributed by atoms with van der Waals surface area (Å²) >= 11 is 6.00. The minimum absolute atomic E-state index is 0.286. The van der Waals surface area contributed by atoms with Gasteiger partial charge in [0.2, 0.25) is 0 Å². The van der Waals surface area contributed by atoms with E-state index in [0.717, 1.165) is 29.4 Å². The van der Waals surface area contributed by atoms with Crippen LogP contribution in [0.1, 0.15) is 32.3 Å². The zero-order valence-electron chi connectivity index (χ0n) is 9.96. The number of anilines is 1. The molecule has 88 valence electrons. The minimum Gasteiger partial charge on any atom is -0.398 e. The monoisotopic (exact) mass is 238 g/mol. The van der Waals surface area contributed by atoms with Gasteiger partial charge in [0.25, 0.3) is 0 Å². The molecule has 1 aliphatic heterocycles. The molecule has 0 atom stereocenters.